The summed E-state index contributed by atoms with van der Waals surface area (Å²) in [5, 5.41) is 22.4. The van der Waals surface area contributed by atoms with E-state index in [0.717, 1.165) is 42.4 Å². The highest BCUT2D eigenvalue weighted by atomic mass is 16.5. The Morgan fingerprint density at radius 1 is 0.757 bits per heavy atom. The maximum atomic E-state index is 12.4. The minimum absolute atomic E-state index is 0.0148. The first kappa shape index (κ1) is 27.8. The Hall–Kier alpha value is -3.80. The van der Waals surface area contributed by atoms with Crippen LogP contribution >= 0.6 is 0 Å². The average Bonchev–Trinajstić information content (AvgIpc) is 2.90. The third-order valence-corrected chi connectivity index (χ3v) is 6.71. The number of esters is 1. The number of carbonyl (C=O) groups is 2. The molecule has 0 saturated carbocycles. The molecule has 0 aliphatic rings. The first-order chi connectivity index (χ1) is 17.9. The monoisotopic (exact) mass is 503 g/mol. The minimum Gasteiger partial charge on any atom is -0.508 e. The van der Waals surface area contributed by atoms with Gasteiger partial charge >= 0.3 is 5.97 Å². The Balaban J connectivity index is 1.35. The van der Waals surface area contributed by atoms with Crippen molar-refractivity contribution in [2.24, 2.45) is 0 Å². The van der Waals surface area contributed by atoms with E-state index >= 15 is 0 Å². The lowest BCUT2D eigenvalue weighted by atomic mass is 9.72. The van der Waals surface area contributed by atoms with Crippen molar-refractivity contribution < 1.29 is 24.5 Å². The summed E-state index contributed by atoms with van der Waals surface area (Å²) in [6.45, 7) is 3.01. The summed E-state index contributed by atoms with van der Waals surface area (Å²) >= 11 is 0. The van der Waals surface area contributed by atoms with E-state index < -0.39 is 0 Å². The van der Waals surface area contributed by atoms with Crippen molar-refractivity contribution in [3.05, 3.63) is 95.6 Å². The van der Waals surface area contributed by atoms with Crippen LogP contribution in [0.3, 0.4) is 0 Å². The molecule has 0 atom stereocenters. The molecule has 0 saturated heterocycles. The molecule has 3 rings (SSSR count). The van der Waals surface area contributed by atoms with Crippen LogP contribution in [-0.4, -0.2) is 28.6 Å². The fourth-order valence-corrected chi connectivity index (χ4v) is 4.41. The smallest absolute Gasteiger partial charge is 0.306 e. The van der Waals surface area contributed by atoms with Gasteiger partial charge in [-0.1, -0.05) is 67.9 Å². The van der Waals surface area contributed by atoms with Gasteiger partial charge in [0.1, 0.15) is 18.1 Å². The van der Waals surface area contributed by atoms with Crippen molar-refractivity contribution in [3.63, 3.8) is 0 Å². The molecule has 1 amide bonds. The van der Waals surface area contributed by atoms with Gasteiger partial charge in [0.15, 0.2) is 0 Å². The van der Waals surface area contributed by atoms with Gasteiger partial charge in [-0.15, -0.1) is 0 Å². The molecular weight excluding hydrogens is 466 g/mol. The molecule has 3 aromatic rings. The molecule has 37 heavy (non-hydrogen) atoms. The molecule has 0 heterocycles. The van der Waals surface area contributed by atoms with E-state index in [1.165, 1.54) is 0 Å². The van der Waals surface area contributed by atoms with E-state index in [1.807, 2.05) is 54.6 Å². The van der Waals surface area contributed by atoms with Crippen LogP contribution in [0.25, 0.3) is 0 Å². The van der Waals surface area contributed by atoms with Gasteiger partial charge in [-0.05, 0) is 66.6 Å². The van der Waals surface area contributed by atoms with Crippen molar-refractivity contribution in [2.45, 2.75) is 63.9 Å². The number of ether oxygens (including phenoxy) is 1. The van der Waals surface area contributed by atoms with Crippen molar-refractivity contribution in [1.29, 1.82) is 0 Å². The Bertz CT molecular complexity index is 1070. The second-order valence-corrected chi connectivity index (χ2v) is 9.59. The summed E-state index contributed by atoms with van der Waals surface area (Å²) in [6, 6.07) is 23.9. The number of hydrogen-bond donors (Lipinski definition) is 3. The second kappa shape index (κ2) is 14.1. The van der Waals surface area contributed by atoms with Crippen molar-refractivity contribution in [2.75, 3.05) is 6.54 Å². The standard InChI is InChI=1S/C31H37NO5/c1-31(25-13-17-27(33)18-14-25,26-15-19-28(34)20-16-26)21-8-11-29(35)32-22-7-3-6-12-30(36)37-23-24-9-4-2-5-10-24/h2,4-5,9-10,13-20,33-34H,3,6-8,11-12,21-23H2,1H3,(H,32,35). The van der Waals surface area contributed by atoms with Gasteiger partial charge in [0.2, 0.25) is 5.91 Å². The number of carbonyl (C=O) groups excluding carboxylic acids is 2. The molecule has 0 fully saturated rings. The molecule has 0 bridgehead atoms. The fraction of sp³-hybridized carbons (Fsp3) is 0.355. The first-order valence-electron chi connectivity index (χ1n) is 12.9. The zero-order valence-corrected chi connectivity index (χ0v) is 21.5. The Kier molecular flexibility index (Phi) is 10.6. The molecule has 0 radical (unpaired) electrons. The summed E-state index contributed by atoms with van der Waals surface area (Å²) < 4.78 is 5.29. The van der Waals surface area contributed by atoms with Gasteiger partial charge in [0.05, 0.1) is 0 Å². The van der Waals surface area contributed by atoms with Crippen LogP contribution in [0.2, 0.25) is 0 Å². The zero-order valence-electron chi connectivity index (χ0n) is 21.5. The molecule has 6 nitrogen and oxygen atoms in total. The Morgan fingerprint density at radius 2 is 1.35 bits per heavy atom. The van der Waals surface area contributed by atoms with Crippen LogP contribution in [0.5, 0.6) is 11.5 Å². The number of hydrogen-bond acceptors (Lipinski definition) is 5. The van der Waals surface area contributed by atoms with E-state index in [4.69, 9.17) is 4.74 Å². The quantitative estimate of drug-likeness (QED) is 0.185. The van der Waals surface area contributed by atoms with Crippen molar-refractivity contribution in [1.82, 2.24) is 5.32 Å². The summed E-state index contributed by atoms with van der Waals surface area (Å²) in [7, 11) is 0. The van der Waals surface area contributed by atoms with Gasteiger partial charge in [0.25, 0.3) is 0 Å². The summed E-state index contributed by atoms with van der Waals surface area (Å²) in [5.41, 5.74) is 2.69. The lowest BCUT2D eigenvalue weighted by Gasteiger charge is -2.31. The van der Waals surface area contributed by atoms with E-state index in [-0.39, 0.29) is 28.8 Å². The Labute approximate surface area is 219 Å². The zero-order chi connectivity index (χ0) is 26.5. The molecule has 3 N–H and O–H groups in total. The highest BCUT2D eigenvalue weighted by molar-refractivity contribution is 5.75. The number of aromatic hydroxyl groups is 2. The summed E-state index contributed by atoms with van der Waals surface area (Å²) in [5.74, 6) is 0.236. The fourth-order valence-electron chi connectivity index (χ4n) is 4.41. The second-order valence-electron chi connectivity index (χ2n) is 9.59. The van der Waals surface area contributed by atoms with Crippen LogP contribution < -0.4 is 5.32 Å². The van der Waals surface area contributed by atoms with Gasteiger partial charge < -0.3 is 20.3 Å². The SMILES string of the molecule is CC(CCCC(=O)NCCCCCC(=O)OCc1ccccc1)(c1ccc(O)cc1)c1ccc(O)cc1. The van der Waals surface area contributed by atoms with Gasteiger partial charge in [0, 0.05) is 24.8 Å². The molecule has 0 spiro atoms. The van der Waals surface area contributed by atoms with E-state index in [9.17, 15) is 19.8 Å². The van der Waals surface area contributed by atoms with Crippen molar-refractivity contribution >= 4 is 11.9 Å². The van der Waals surface area contributed by atoms with Gasteiger partial charge in [-0.25, -0.2) is 0 Å². The maximum Gasteiger partial charge on any atom is 0.306 e. The predicted molar refractivity (Wildman–Crippen MR) is 144 cm³/mol. The number of amides is 1. The number of rotatable bonds is 14. The molecule has 0 aliphatic carbocycles. The molecule has 196 valence electrons. The number of unbranched alkanes of at least 4 members (excludes halogenated alkanes) is 2. The topological polar surface area (TPSA) is 95.9 Å². The molecular formula is C31H37NO5. The summed E-state index contributed by atoms with van der Waals surface area (Å²) in [4.78, 5) is 24.3. The highest BCUT2D eigenvalue weighted by Gasteiger charge is 2.29. The van der Waals surface area contributed by atoms with Crippen LogP contribution in [0, 0.1) is 0 Å². The minimum atomic E-state index is -0.364. The number of phenolic OH excluding ortho intramolecular Hbond substituents is 2. The molecule has 6 heteroatoms. The average molecular weight is 504 g/mol. The van der Waals surface area contributed by atoms with Crippen LogP contribution in [-0.2, 0) is 26.3 Å². The third-order valence-electron chi connectivity index (χ3n) is 6.71. The highest BCUT2D eigenvalue weighted by Crippen LogP contribution is 2.38. The molecule has 0 aromatic heterocycles. The van der Waals surface area contributed by atoms with Crippen LogP contribution in [0.4, 0.5) is 0 Å². The van der Waals surface area contributed by atoms with Crippen molar-refractivity contribution in [3.8, 4) is 11.5 Å². The van der Waals surface area contributed by atoms with E-state index in [0.29, 0.717) is 32.4 Å². The predicted octanol–water partition coefficient (Wildman–Crippen LogP) is 5.99. The maximum absolute atomic E-state index is 12.4. The van der Waals surface area contributed by atoms with Gasteiger partial charge in [-0.2, -0.15) is 0 Å². The van der Waals surface area contributed by atoms with Crippen LogP contribution in [0.15, 0.2) is 78.9 Å². The molecule has 0 unspecified atom stereocenters. The molecule has 0 aliphatic heterocycles. The number of nitrogens with one attached hydrogen (secondary N) is 1. The number of phenols is 2. The normalized spacial score (nSPS) is 11.2. The first-order valence-corrected chi connectivity index (χ1v) is 12.9. The Morgan fingerprint density at radius 3 is 1.95 bits per heavy atom. The lowest BCUT2D eigenvalue weighted by molar-refractivity contribution is -0.145. The number of benzene rings is 3. The third kappa shape index (κ3) is 8.98. The van der Waals surface area contributed by atoms with Gasteiger partial charge in [-0.3, -0.25) is 9.59 Å². The molecule has 3 aromatic carbocycles. The van der Waals surface area contributed by atoms with Crippen LogP contribution in [0.1, 0.15) is 68.6 Å². The van der Waals surface area contributed by atoms with E-state index in [1.54, 1.807) is 24.3 Å². The summed E-state index contributed by atoms with van der Waals surface area (Å²) in [6.07, 6.45) is 4.63. The largest absolute Gasteiger partial charge is 0.508 e. The lowest BCUT2D eigenvalue weighted by Crippen LogP contribution is -2.27. The van der Waals surface area contributed by atoms with E-state index in [2.05, 4.69) is 12.2 Å².